The van der Waals surface area contributed by atoms with Crippen molar-refractivity contribution >= 4 is 46.7 Å². The summed E-state index contributed by atoms with van der Waals surface area (Å²) in [7, 11) is 1.29. The second-order valence-corrected chi connectivity index (χ2v) is 6.57. The van der Waals surface area contributed by atoms with Gasteiger partial charge in [-0.1, -0.05) is 23.7 Å². The number of ether oxygens (including phenoxy) is 2. The maximum absolute atomic E-state index is 11.9. The number of methoxy groups -OCH3 is 1. The SMILES string of the molecule is COC(=O)c1ccc(NC(=O)CCCC(=O)OCC(=O)Nc2ccccc2Cl)cc1. The lowest BCUT2D eigenvalue weighted by Gasteiger charge is -2.08. The topological polar surface area (TPSA) is 111 Å². The number of amides is 2. The van der Waals surface area contributed by atoms with E-state index in [9.17, 15) is 19.2 Å². The Morgan fingerprint density at radius 2 is 1.60 bits per heavy atom. The van der Waals surface area contributed by atoms with Crippen molar-refractivity contribution in [3.63, 3.8) is 0 Å². The number of anilines is 2. The number of nitrogens with one attached hydrogen (secondary N) is 2. The van der Waals surface area contributed by atoms with E-state index in [1.165, 1.54) is 19.2 Å². The van der Waals surface area contributed by atoms with E-state index in [-0.39, 0.29) is 25.2 Å². The van der Waals surface area contributed by atoms with Crippen LogP contribution < -0.4 is 10.6 Å². The van der Waals surface area contributed by atoms with Crippen molar-refractivity contribution in [2.24, 2.45) is 0 Å². The summed E-state index contributed by atoms with van der Waals surface area (Å²) in [6, 6.07) is 12.9. The number of para-hydroxylation sites is 1. The lowest BCUT2D eigenvalue weighted by atomic mass is 10.2. The number of halogens is 1. The number of esters is 2. The molecule has 9 heteroatoms. The Kier molecular flexibility index (Phi) is 8.83. The molecule has 0 aliphatic rings. The predicted molar refractivity (Wildman–Crippen MR) is 111 cm³/mol. The molecule has 0 unspecified atom stereocenters. The van der Waals surface area contributed by atoms with Crippen molar-refractivity contribution < 1.29 is 28.7 Å². The van der Waals surface area contributed by atoms with Crippen molar-refractivity contribution in [1.82, 2.24) is 0 Å². The van der Waals surface area contributed by atoms with Crippen LogP contribution in [-0.2, 0) is 23.9 Å². The van der Waals surface area contributed by atoms with Gasteiger partial charge in [0.25, 0.3) is 5.91 Å². The van der Waals surface area contributed by atoms with Gasteiger partial charge in [0.2, 0.25) is 5.91 Å². The molecule has 0 saturated carbocycles. The van der Waals surface area contributed by atoms with Crippen molar-refractivity contribution in [3.05, 3.63) is 59.1 Å². The molecule has 0 heterocycles. The minimum atomic E-state index is -0.584. The Bertz CT molecular complexity index is 914. The predicted octanol–water partition coefficient (Wildman–Crippen LogP) is 3.42. The van der Waals surface area contributed by atoms with Crippen LogP contribution in [0.1, 0.15) is 29.6 Å². The summed E-state index contributed by atoms with van der Waals surface area (Å²) in [5.41, 5.74) is 1.32. The summed E-state index contributed by atoms with van der Waals surface area (Å²) in [6.07, 6.45) is 0.352. The first-order valence-electron chi connectivity index (χ1n) is 9.07. The molecule has 2 aromatic rings. The molecule has 0 aliphatic carbocycles. The minimum Gasteiger partial charge on any atom is -0.465 e. The molecular weight excluding hydrogens is 412 g/mol. The third-order valence-corrected chi connectivity index (χ3v) is 4.22. The first-order chi connectivity index (χ1) is 14.4. The van der Waals surface area contributed by atoms with Crippen molar-refractivity contribution in [3.8, 4) is 0 Å². The van der Waals surface area contributed by atoms with Gasteiger partial charge in [-0.05, 0) is 42.8 Å². The lowest BCUT2D eigenvalue weighted by Crippen LogP contribution is -2.21. The molecule has 2 N–H and O–H groups in total. The Balaban J connectivity index is 1.65. The number of hydrogen-bond donors (Lipinski definition) is 2. The maximum Gasteiger partial charge on any atom is 0.337 e. The van der Waals surface area contributed by atoms with E-state index in [1.807, 2.05) is 0 Å². The molecule has 0 atom stereocenters. The van der Waals surface area contributed by atoms with Gasteiger partial charge in [-0.25, -0.2) is 4.79 Å². The molecule has 2 rings (SSSR count). The highest BCUT2D eigenvalue weighted by molar-refractivity contribution is 6.33. The zero-order valence-corrected chi connectivity index (χ0v) is 17.0. The number of carbonyl (C=O) groups excluding carboxylic acids is 4. The molecule has 2 aromatic carbocycles. The summed E-state index contributed by atoms with van der Waals surface area (Å²) in [6.45, 7) is -0.442. The fraction of sp³-hybridized carbons (Fsp3) is 0.238. The molecule has 2 amide bonds. The van der Waals surface area contributed by atoms with E-state index in [2.05, 4.69) is 15.4 Å². The third kappa shape index (κ3) is 7.56. The highest BCUT2D eigenvalue weighted by atomic mass is 35.5. The molecule has 0 bridgehead atoms. The number of hydrogen-bond acceptors (Lipinski definition) is 6. The van der Waals surface area contributed by atoms with Gasteiger partial charge in [0.15, 0.2) is 6.61 Å². The quantitative estimate of drug-likeness (QED) is 0.587. The van der Waals surface area contributed by atoms with Crippen molar-refractivity contribution in [2.45, 2.75) is 19.3 Å². The van der Waals surface area contributed by atoms with Gasteiger partial charge < -0.3 is 20.1 Å². The van der Waals surface area contributed by atoms with E-state index in [1.54, 1.807) is 36.4 Å². The maximum atomic E-state index is 11.9. The molecule has 8 nitrogen and oxygen atoms in total. The van der Waals surface area contributed by atoms with Gasteiger partial charge in [0.1, 0.15) is 0 Å². The Labute approximate surface area is 178 Å². The summed E-state index contributed by atoms with van der Waals surface area (Å²) < 4.78 is 9.49. The fourth-order valence-electron chi connectivity index (χ4n) is 2.39. The third-order valence-electron chi connectivity index (χ3n) is 3.89. The van der Waals surface area contributed by atoms with Crippen LogP contribution in [0.15, 0.2) is 48.5 Å². The largest absolute Gasteiger partial charge is 0.465 e. The normalized spacial score (nSPS) is 10.1. The molecule has 0 spiro atoms. The first kappa shape index (κ1) is 22.9. The van der Waals surface area contributed by atoms with E-state index < -0.39 is 24.5 Å². The zero-order valence-electron chi connectivity index (χ0n) is 16.3. The minimum absolute atomic E-state index is 0.00588. The molecule has 0 fully saturated rings. The average molecular weight is 433 g/mol. The fourth-order valence-corrected chi connectivity index (χ4v) is 2.57. The highest BCUT2D eigenvalue weighted by Gasteiger charge is 2.11. The number of rotatable bonds is 9. The smallest absolute Gasteiger partial charge is 0.337 e. The number of benzene rings is 2. The Morgan fingerprint density at radius 3 is 2.27 bits per heavy atom. The van der Waals surface area contributed by atoms with Gasteiger partial charge >= 0.3 is 11.9 Å². The summed E-state index contributed by atoms with van der Waals surface area (Å²) in [5, 5.41) is 5.58. The van der Waals surface area contributed by atoms with Crippen LogP contribution >= 0.6 is 11.6 Å². The Hall–Kier alpha value is -3.39. The molecule has 0 radical (unpaired) electrons. The van der Waals surface area contributed by atoms with Crippen molar-refractivity contribution in [1.29, 1.82) is 0 Å². The molecular formula is C21H21ClN2O6. The molecule has 0 aliphatic heterocycles. The first-order valence-corrected chi connectivity index (χ1v) is 9.45. The van der Waals surface area contributed by atoms with Crippen LogP contribution in [0.3, 0.4) is 0 Å². The average Bonchev–Trinajstić information content (AvgIpc) is 2.74. The van der Waals surface area contributed by atoms with Crippen LogP contribution in [0.25, 0.3) is 0 Å². The van der Waals surface area contributed by atoms with E-state index in [0.29, 0.717) is 22.0 Å². The lowest BCUT2D eigenvalue weighted by molar-refractivity contribution is -0.147. The van der Waals surface area contributed by atoms with Crippen LogP contribution in [0.4, 0.5) is 11.4 Å². The van der Waals surface area contributed by atoms with E-state index in [4.69, 9.17) is 16.3 Å². The van der Waals surface area contributed by atoms with Gasteiger partial charge in [-0.3, -0.25) is 14.4 Å². The Morgan fingerprint density at radius 1 is 0.900 bits per heavy atom. The van der Waals surface area contributed by atoms with Gasteiger partial charge in [-0.2, -0.15) is 0 Å². The van der Waals surface area contributed by atoms with E-state index >= 15 is 0 Å². The van der Waals surface area contributed by atoms with Crippen LogP contribution in [0.2, 0.25) is 5.02 Å². The van der Waals surface area contributed by atoms with Crippen LogP contribution in [0.5, 0.6) is 0 Å². The molecule has 30 heavy (non-hydrogen) atoms. The molecule has 158 valence electrons. The number of carbonyl (C=O) groups is 4. The van der Waals surface area contributed by atoms with Gasteiger partial charge in [0.05, 0.1) is 23.4 Å². The van der Waals surface area contributed by atoms with Gasteiger partial charge in [-0.15, -0.1) is 0 Å². The monoisotopic (exact) mass is 432 g/mol. The van der Waals surface area contributed by atoms with Crippen LogP contribution in [0, 0.1) is 0 Å². The standard InChI is InChI=1S/C21H21ClN2O6/c1-29-21(28)14-9-11-15(12-10-14)23-18(25)7-4-8-20(27)30-13-19(26)24-17-6-3-2-5-16(17)22/h2-3,5-6,9-12H,4,7-8,13H2,1H3,(H,23,25)(H,24,26). The van der Waals surface area contributed by atoms with E-state index in [0.717, 1.165) is 0 Å². The zero-order chi connectivity index (χ0) is 21.9. The second kappa shape index (κ2) is 11.6. The van der Waals surface area contributed by atoms with Crippen molar-refractivity contribution in [2.75, 3.05) is 24.4 Å². The highest BCUT2D eigenvalue weighted by Crippen LogP contribution is 2.20. The summed E-state index contributed by atoms with van der Waals surface area (Å²) in [5.74, 6) is -1.85. The second-order valence-electron chi connectivity index (χ2n) is 6.16. The summed E-state index contributed by atoms with van der Waals surface area (Å²) in [4.78, 5) is 46.8. The van der Waals surface area contributed by atoms with Gasteiger partial charge in [0, 0.05) is 18.5 Å². The molecule has 0 aromatic heterocycles. The van der Waals surface area contributed by atoms with Crippen LogP contribution in [-0.4, -0.2) is 37.5 Å². The molecule has 0 saturated heterocycles. The summed E-state index contributed by atoms with van der Waals surface area (Å²) >= 11 is 5.93.